The van der Waals surface area contributed by atoms with Crippen molar-refractivity contribution in [3.05, 3.63) is 18.2 Å². The van der Waals surface area contributed by atoms with E-state index in [4.69, 9.17) is 13.9 Å². The van der Waals surface area contributed by atoms with Gasteiger partial charge in [-0.2, -0.15) is 0 Å². The molecular formula is C20H27N3O4S. The number of carbonyl (C=O) groups is 1. The second kappa shape index (κ2) is 8.86. The fourth-order valence-electron chi connectivity index (χ4n) is 3.57. The maximum absolute atomic E-state index is 12.9. The molecule has 3 rings (SSSR count). The summed E-state index contributed by atoms with van der Waals surface area (Å²) in [5.41, 5.74) is 0.702. The lowest BCUT2D eigenvalue weighted by atomic mass is 9.97. The number of hydrogen-bond donors (Lipinski definition) is 0. The third-order valence-corrected chi connectivity index (χ3v) is 6.00. The standard InChI is InChI=1S/C20H27N3O4S/c1-12-7-6-8-13(2)23(12)19(24)14(3)28-20-22-21-18(27-20)15-9-16(25-4)11-17(10-15)26-5/h9-14H,6-8H2,1-5H3/t12-,13-,14+/m0/s1. The Morgan fingerprint density at radius 3 is 2.32 bits per heavy atom. The van der Waals surface area contributed by atoms with Crippen LogP contribution in [0.2, 0.25) is 0 Å². The van der Waals surface area contributed by atoms with Gasteiger partial charge in [0.2, 0.25) is 11.8 Å². The van der Waals surface area contributed by atoms with Gasteiger partial charge in [-0.1, -0.05) is 11.8 Å². The Morgan fingerprint density at radius 1 is 1.14 bits per heavy atom. The van der Waals surface area contributed by atoms with Crippen molar-refractivity contribution in [3.63, 3.8) is 0 Å². The van der Waals surface area contributed by atoms with Crippen molar-refractivity contribution < 1.29 is 18.7 Å². The van der Waals surface area contributed by atoms with Crippen LogP contribution in [0.15, 0.2) is 27.8 Å². The largest absolute Gasteiger partial charge is 0.497 e. The van der Waals surface area contributed by atoms with Crippen LogP contribution in [0, 0.1) is 0 Å². The van der Waals surface area contributed by atoms with Crippen molar-refractivity contribution in [2.45, 2.75) is 62.6 Å². The van der Waals surface area contributed by atoms with Crippen LogP contribution in [0.3, 0.4) is 0 Å². The summed E-state index contributed by atoms with van der Waals surface area (Å²) in [7, 11) is 3.17. The van der Waals surface area contributed by atoms with Crippen molar-refractivity contribution in [2.75, 3.05) is 14.2 Å². The molecule has 0 aliphatic carbocycles. The van der Waals surface area contributed by atoms with Gasteiger partial charge in [-0.25, -0.2) is 0 Å². The molecule has 0 saturated carbocycles. The first-order chi connectivity index (χ1) is 13.4. The molecule has 1 amide bonds. The van der Waals surface area contributed by atoms with Crippen molar-refractivity contribution >= 4 is 17.7 Å². The van der Waals surface area contributed by atoms with Crippen LogP contribution >= 0.6 is 11.8 Å². The summed E-state index contributed by atoms with van der Waals surface area (Å²) in [5, 5.41) is 8.30. The molecule has 152 valence electrons. The molecule has 1 aromatic heterocycles. The lowest BCUT2D eigenvalue weighted by molar-refractivity contribution is -0.136. The molecular weight excluding hydrogens is 378 g/mol. The highest BCUT2D eigenvalue weighted by Crippen LogP contribution is 2.33. The molecule has 0 unspecified atom stereocenters. The SMILES string of the molecule is COc1cc(OC)cc(-c2nnc(S[C@H](C)C(=O)N3[C@@H](C)CCC[C@@H]3C)o2)c1. The third kappa shape index (κ3) is 4.43. The zero-order valence-electron chi connectivity index (χ0n) is 17.0. The highest BCUT2D eigenvalue weighted by molar-refractivity contribution is 8.00. The van der Waals surface area contributed by atoms with Gasteiger partial charge in [-0.05, 0) is 52.2 Å². The molecule has 1 aliphatic rings. The van der Waals surface area contributed by atoms with Gasteiger partial charge in [0.25, 0.3) is 5.22 Å². The van der Waals surface area contributed by atoms with Gasteiger partial charge < -0.3 is 18.8 Å². The van der Waals surface area contributed by atoms with E-state index in [-0.39, 0.29) is 23.2 Å². The van der Waals surface area contributed by atoms with E-state index in [2.05, 4.69) is 24.0 Å². The number of benzene rings is 1. The predicted octanol–water partition coefficient (Wildman–Crippen LogP) is 4.02. The molecule has 0 radical (unpaired) electrons. The first-order valence-corrected chi connectivity index (χ1v) is 10.4. The summed E-state index contributed by atoms with van der Waals surface area (Å²) < 4.78 is 16.4. The van der Waals surface area contributed by atoms with E-state index in [1.807, 2.05) is 11.8 Å². The second-order valence-electron chi connectivity index (χ2n) is 7.11. The van der Waals surface area contributed by atoms with Gasteiger partial charge in [0.1, 0.15) is 11.5 Å². The minimum Gasteiger partial charge on any atom is -0.497 e. The van der Waals surface area contributed by atoms with E-state index in [1.54, 1.807) is 32.4 Å². The number of amides is 1. The highest BCUT2D eigenvalue weighted by Gasteiger charge is 2.32. The molecule has 1 aromatic carbocycles. The molecule has 2 aromatic rings. The number of thioether (sulfide) groups is 1. The van der Waals surface area contributed by atoms with Crippen LogP contribution in [-0.4, -0.2) is 52.6 Å². The predicted molar refractivity (Wildman–Crippen MR) is 108 cm³/mol. The molecule has 8 heteroatoms. The summed E-state index contributed by atoms with van der Waals surface area (Å²) in [6, 6.07) is 5.91. The molecule has 28 heavy (non-hydrogen) atoms. The molecule has 0 bridgehead atoms. The fourth-order valence-corrected chi connectivity index (χ4v) is 4.31. The number of nitrogens with zero attached hydrogens (tertiary/aromatic N) is 3. The van der Waals surface area contributed by atoms with E-state index >= 15 is 0 Å². The zero-order valence-corrected chi connectivity index (χ0v) is 17.8. The number of carbonyl (C=O) groups excluding carboxylic acids is 1. The number of aromatic nitrogens is 2. The molecule has 0 N–H and O–H groups in total. The van der Waals surface area contributed by atoms with E-state index in [0.717, 1.165) is 12.8 Å². The summed E-state index contributed by atoms with van der Waals surface area (Å²) in [6.45, 7) is 6.12. The maximum atomic E-state index is 12.9. The Balaban J connectivity index is 1.73. The van der Waals surface area contributed by atoms with Gasteiger partial charge >= 0.3 is 0 Å². The molecule has 3 atom stereocenters. The highest BCUT2D eigenvalue weighted by atomic mass is 32.2. The van der Waals surface area contributed by atoms with Gasteiger partial charge in [0.05, 0.1) is 19.5 Å². The summed E-state index contributed by atoms with van der Waals surface area (Å²) in [4.78, 5) is 15.0. The normalized spacial score (nSPS) is 20.7. The van der Waals surface area contributed by atoms with Crippen molar-refractivity contribution in [2.24, 2.45) is 0 Å². The molecule has 7 nitrogen and oxygen atoms in total. The van der Waals surface area contributed by atoms with Gasteiger partial charge in [0, 0.05) is 23.7 Å². The quantitative estimate of drug-likeness (QED) is 0.672. The minimum absolute atomic E-state index is 0.118. The number of methoxy groups -OCH3 is 2. The third-order valence-electron chi connectivity index (χ3n) is 5.08. The van der Waals surface area contributed by atoms with E-state index in [1.165, 1.54) is 18.2 Å². The van der Waals surface area contributed by atoms with Crippen LogP contribution in [0.4, 0.5) is 0 Å². The van der Waals surface area contributed by atoms with Gasteiger partial charge in [0.15, 0.2) is 0 Å². The van der Waals surface area contributed by atoms with E-state index < -0.39 is 0 Å². The number of rotatable bonds is 6. The summed E-state index contributed by atoms with van der Waals surface area (Å²) in [5.74, 6) is 1.75. The average molecular weight is 406 g/mol. The first kappa shape index (κ1) is 20.5. The average Bonchev–Trinajstić information content (AvgIpc) is 3.15. The molecule has 2 heterocycles. The van der Waals surface area contributed by atoms with Crippen LogP contribution in [-0.2, 0) is 4.79 Å². The van der Waals surface area contributed by atoms with Crippen LogP contribution in [0.5, 0.6) is 11.5 Å². The Morgan fingerprint density at radius 2 is 1.75 bits per heavy atom. The number of piperidine rings is 1. The molecule has 0 spiro atoms. The number of ether oxygens (including phenoxy) is 2. The van der Waals surface area contributed by atoms with Gasteiger partial charge in [-0.3, -0.25) is 4.79 Å². The monoisotopic (exact) mass is 405 g/mol. The van der Waals surface area contributed by atoms with Crippen LogP contribution in [0.1, 0.15) is 40.0 Å². The van der Waals surface area contributed by atoms with Crippen molar-refractivity contribution in [1.29, 1.82) is 0 Å². The Labute approximate surface area is 169 Å². The van der Waals surface area contributed by atoms with E-state index in [0.29, 0.717) is 28.2 Å². The van der Waals surface area contributed by atoms with Crippen molar-refractivity contribution in [1.82, 2.24) is 15.1 Å². The molecule has 1 saturated heterocycles. The molecule has 1 aliphatic heterocycles. The summed E-state index contributed by atoms with van der Waals surface area (Å²) in [6.07, 6.45) is 3.27. The van der Waals surface area contributed by atoms with Crippen molar-refractivity contribution in [3.8, 4) is 23.0 Å². The topological polar surface area (TPSA) is 77.7 Å². The number of likely N-dealkylation sites (tertiary alicyclic amines) is 1. The minimum atomic E-state index is -0.295. The zero-order chi connectivity index (χ0) is 20.3. The lowest BCUT2D eigenvalue weighted by Gasteiger charge is -2.40. The second-order valence-corrected chi connectivity index (χ2v) is 8.40. The number of hydrogen-bond acceptors (Lipinski definition) is 7. The van der Waals surface area contributed by atoms with Crippen LogP contribution in [0.25, 0.3) is 11.5 Å². The lowest BCUT2D eigenvalue weighted by Crippen LogP contribution is -2.50. The maximum Gasteiger partial charge on any atom is 0.277 e. The molecule has 1 fully saturated rings. The summed E-state index contributed by atoms with van der Waals surface area (Å²) >= 11 is 1.29. The fraction of sp³-hybridized carbons (Fsp3) is 0.550. The Kier molecular flexibility index (Phi) is 6.49. The smallest absolute Gasteiger partial charge is 0.277 e. The van der Waals surface area contributed by atoms with Gasteiger partial charge in [-0.15, -0.1) is 10.2 Å². The van der Waals surface area contributed by atoms with E-state index in [9.17, 15) is 4.79 Å². The van der Waals surface area contributed by atoms with Crippen LogP contribution < -0.4 is 9.47 Å². The Bertz CT molecular complexity index is 793. The first-order valence-electron chi connectivity index (χ1n) is 9.48. The Hall–Kier alpha value is -2.22.